The first-order chi connectivity index (χ1) is 5.20. The summed E-state index contributed by atoms with van der Waals surface area (Å²) < 4.78 is 25.6. The van der Waals surface area contributed by atoms with Gasteiger partial charge in [-0.2, -0.15) is 0 Å². The van der Waals surface area contributed by atoms with Crippen LogP contribution < -0.4 is 28.8 Å². The molecule has 0 saturated heterocycles. The van der Waals surface area contributed by atoms with Gasteiger partial charge in [-0.3, -0.25) is 0 Å². The summed E-state index contributed by atoms with van der Waals surface area (Å²) in [6.45, 7) is 0. The van der Waals surface area contributed by atoms with E-state index in [1.165, 1.54) is 0 Å². The molecule has 0 rings (SSSR count). The van der Waals surface area contributed by atoms with Crippen LogP contribution in [0, 0.1) is 0 Å². The Morgan fingerprint density at radius 1 is 0.500 bits per heavy atom. The van der Waals surface area contributed by atoms with Gasteiger partial charge < -0.3 is 42.2 Å². The monoisotopic (exact) mass is 494 g/mol. The third-order valence-electron chi connectivity index (χ3n) is 0. The molecule has 0 N–H and O–H groups in total. The van der Waals surface area contributed by atoms with E-state index in [0.29, 0.717) is 0 Å². The molecule has 0 aromatic rings. The van der Waals surface area contributed by atoms with Crippen LogP contribution in [0.5, 0.6) is 0 Å². The maximum Gasteiger partial charge on any atom is 0 e. The average molecular weight is 497 g/mol. The molecular weight excluding hydrogens is 493 g/mol. The van der Waals surface area contributed by atoms with E-state index in [1.54, 1.807) is 0 Å². The molecule has 0 amide bonds. The zero-order valence-corrected chi connectivity index (χ0v) is 19.0. The van der Waals surface area contributed by atoms with E-state index in [0.717, 1.165) is 0 Å². The van der Waals surface area contributed by atoms with Gasteiger partial charge in [-0.25, -0.2) is 0 Å². The topological polar surface area (TPSA) is 190 Å². The molecule has 0 heterocycles. The molecule has 0 aliphatic carbocycles. The fraction of sp³-hybridized carbons (Fsp3) is 0. The van der Waals surface area contributed by atoms with Gasteiger partial charge in [-0.15, -0.1) is 0 Å². The molecule has 0 aliphatic rings. The van der Waals surface area contributed by atoms with Crippen LogP contribution in [0.4, 0.5) is 0 Å². The van der Waals surface area contributed by atoms with Crippen molar-refractivity contribution in [1.29, 1.82) is 0 Å². The molecule has 0 aromatic heterocycles. The second-order valence-electron chi connectivity index (χ2n) is 0.750. The molecule has 9 nitrogen and oxygen atoms in total. The first-order valence-corrected chi connectivity index (χ1v) is 5.51. The molecule has 0 bridgehead atoms. The molecule has 0 radical (unpaired) electrons. The predicted octanol–water partition coefficient (Wildman–Crippen LogP) is -11.2. The van der Waals surface area contributed by atoms with Crippen LogP contribution in [0.25, 0.3) is 0 Å². The van der Waals surface area contributed by atoms with Gasteiger partial charge in [0.05, 0.1) is 0 Å². The first kappa shape index (κ1) is 57.7. The van der Waals surface area contributed by atoms with E-state index in [4.69, 9.17) is 42.2 Å². The average Bonchev–Trinajstić information content (AvgIpc) is 1.54. The maximum atomic E-state index is 8.52. The van der Waals surface area contributed by atoms with Crippen molar-refractivity contribution in [3.63, 3.8) is 0 Å². The summed E-state index contributed by atoms with van der Waals surface area (Å²) in [4.78, 5) is 51.1. The minimum absolute atomic E-state index is 0. The summed E-state index contributed by atoms with van der Waals surface area (Å²) >= 11 is 0. The third kappa shape index (κ3) is 507. The number of rotatable bonds is 0. The van der Waals surface area contributed by atoms with Gasteiger partial charge in [-0.05, 0) is 0 Å². The van der Waals surface area contributed by atoms with Crippen molar-refractivity contribution in [2.24, 2.45) is 0 Å². The summed E-state index contributed by atoms with van der Waals surface area (Å²) in [5.74, 6) is 0. The zero-order chi connectivity index (χ0) is 10.7. The molecule has 0 saturated carbocycles. The number of hydrogen-bond donors (Lipinski definition) is 0. The zero-order valence-electron chi connectivity index (χ0n) is 7.74. The van der Waals surface area contributed by atoms with E-state index in [2.05, 4.69) is 0 Å². The van der Waals surface area contributed by atoms with Crippen LogP contribution >= 0.6 is 0 Å². The second-order valence-corrected chi connectivity index (χ2v) is 2.25. The molecule has 0 atom stereocenters. The molecule has 18 heteroatoms. The van der Waals surface area contributed by atoms with Crippen LogP contribution in [0.2, 0.25) is 0 Å². The normalized spacial score (nSPS) is 4.00. The van der Waals surface area contributed by atoms with Crippen LogP contribution in [0.1, 0.15) is 0 Å². The number of hydrogen-bond acceptors (Lipinski definition) is 9. The Labute approximate surface area is 214 Å². The first-order valence-electron chi connectivity index (χ1n) is 1.84. The van der Waals surface area contributed by atoms with Gasteiger partial charge in [0.15, 0.2) is 0 Å². The Morgan fingerprint density at radius 3 is 0.500 bits per heavy atom. The van der Waals surface area contributed by atoms with Crippen LogP contribution in [0.15, 0.2) is 0 Å². The molecule has 0 spiro atoms. The minimum Gasteiger partial charge on any atom is 0 e. The van der Waals surface area contributed by atoms with Gasteiger partial charge in [0.1, 0.15) is 0 Å². The Morgan fingerprint density at radius 2 is 0.500 bits per heavy atom. The van der Waals surface area contributed by atoms with Gasteiger partial charge >= 0.3 is 110 Å². The van der Waals surface area contributed by atoms with Crippen molar-refractivity contribution in [2.75, 3.05) is 0 Å². The van der Waals surface area contributed by atoms with E-state index in [9.17, 15) is 0 Å². The Kier molecular flexibility index (Phi) is 160. The molecular formula is H4Al2Ca2O9Si3Zn2. The Bertz CT molecular complexity index is 133. The smallest absolute Gasteiger partial charge is 0 e. The summed E-state index contributed by atoms with van der Waals surface area (Å²) in [5, 5.41) is 0. The van der Waals surface area contributed by atoms with Gasteiger partial charge in [0.25, 0.3) is 0 Å². The minimum atomic E-state index is -3.63. The van der Waals surface area contributed by atoms with Crippen molar-refractivity contribution in [3.05, 3.63) is 0 Å². The summed E-state index contributed by atoms with van der Waals surface area (Å²) in [5.41, 5.74) is 0. The SMILES string of the molecule is O=[Si]([O-])[O-].O=[Si]([O-])[O-].O=[Si]([O-])[O-].[Al+3].[Al+3].[CaH2].[CaH2].[Zn].[Zn]. The molecule has 0 fully saturated rings. The van der Waals surface area contributed by atoms with Crippen LogP contribution in [0.3, 0.4) is 0 Å². The van der Waals surface area contributed by atoms with Gasteiger partial charge in [0.2, 0.25) is 0 Å². The van der Waals surface area contributed by atoms with E-state index in [-0.39, 0.29) is 149 Å². The largest absolute Gasteiger partial charge is 0 e. The fourth-order valence-corrected chi connectivity index (χ4v) is 0. The van der Waals surface area contributed by atoms with E-state index < -0.39 is 27.5 Å². The Hall–Kier alpha value is 3.68. The molecule has 0 aromatic carbocycles. The van der Waals surface area contributed by atoms with Crippen molar-refractivity contribution in [1.82, 2.24) is 0 Å². The molecule has 84 valence electrons. The molecule has 0 unspecified atom stereocenters. The van der Waals surface area contributed by atoms with Gasteiger partial charge in [0, 0.05) is 66.5 Å². The molecule has 0 aliphatic heterocycles. The predicted molar refractivity (Wildman–Crippen MR) is 47.9 cm³/mol. The Balaban J connectivity index is -0.00000000827. The fourth-order valence-electron chi connectivity index (χ4n) is 0. The summed E-state index contributed by atoms with van der Waals surface area (Å²) in [6.07, 6.45) is 0. The van der Waals surface area contributed by atoms with Crippen LogP contribution in [-0.2, 0) is 52.3 Å². The van der Waals surface area contributed by atoms with Crippen molar-refractivity contribution in [3.8, 4) is 0 Å². The van der Waals surface area contributed by atoms with Crippen molar-refractivity contribution < 1.29 is 81.1 Å². The quantitative estimate of drug-likeness (QED) is 0.293. The van der Waals surface area contributed by atoms with Gasteiger partial charge in [-0.1, -0.05) is 0 Å². The summed E-state index contributed by atoms with van der Waals surface area (Å²) in [7, 11) is -10.9. The van der Waals surface area contributed by atoms with Crippen molar-refractivity contribution >= 4 is 138 Å². The van der Waals surface area contributed by atoms with Crippen LogP contribution in [-0.4, -0.2) is 138 Å². The van der Waals surface area contributed by atoms with E-state index >= 15 is 0 Å². The molecule has 18 heavy (non-hydrogen) atoms. The second kappa shape index (κ2) is 49.8. The van der Waals surface area contributed by atoms with Crippen molar-refractivity contribution in [2.45, 2.75) is 0 Å². The van der Waals surface area contributed by atoms with E-state index in [1.807, 2.05) is 0 Å². The standard InChI is InChI=1S/2Al.2Ca.3O3Si.2Zn.4H/c;;;;3*1-4(2)3;;;;;;/q2*+3;;;3*-2;;;;;;. The summed E-state index contributed by atoms with van der Waals surface area (Å²) in [6, 6.07) is 0. The maximum absolute atomic E-state index is 8.52. The third-order valence-corrected chi connectivity index (χ3v) is 0.